The number of hydrogen-bond acceptors (Lipinski definition) is 3. The molecule has 0 aromatic heterocycles. The van der Waals surface area contributed by atoms with Crippen LogP contribution in [0, 0.1) is 5.92 Å². The van der Waals surface area contributed by atoms with Crippen LogP contribution in [-0.4, -0.2) is 25.8 Å². The first-order valence-electron chi connectivity index (χ1n) is 8.97. The predicted molar refractivity (Wildman–Crippen MR) is 94.8 cm³/mol. The summed E-state index contributed by atoms with van der Waals surface area (Å²) in [5, 5.41) is 0. The van der Waals surface area contributed by atoms with E-state index in [9.17, 15) is 4.79 Å². The van der Waals surface area contributed by atoms with Gasteiger partial charge in [0.25, 0.3) is 0 Å². The average Bonchev–Trinajstić information content (AvgIpc) is 2.55. The lowest BCUT2D eigenvalue weighted by molar-refractivity contribution is 0.0311. The van der Waals surface area contributed by atoms with Gasteiger partial charge in [-0.15, -0.1) is 0 Å². The third-order valence-corrected chi connectivity index (χ3v) is 3.76. The number of hydrogen-bond donors (Lipinski definition) is 0. The Kier molecular flexibility index (Phi) is 10.4. The lowest BCUT2D eigenvalue weighted by Crippen LogP contribution is -2.11. The van der Waals surface area contributed by atoms with Crippen molar-refractivity contribution in [3.63, 3.8) is 0 Å². The number of esters is 1. The molecule has 0 fully saturated rings. The van der Waals surface area contributed by atoms with Gasteiger partial charge in [0.05, 0.1) is 12.2 Å². The molecule has 1 aromatic carbocycles. The Labute approximate surface area is 141 Å². The number of carbonyl (C=O) groups is 1. The summed E-state index contributed by atoms with van der Waals surface area (Å²) in [6.45, 7) is 8.18. The smallest absolute Gasteiger partial charge is 0.338 e. The summed E-state index contributed by atoms with van der Waals surface area (Å²) in [6.07, 6.45) is 6.82. The molecule has 23 heavy (non-hydrogen) atoms. The highest BCUT2D eigenvalue weighted by molar-refractivity contribution is 5.89. The number of benzene rings is 1. The minimum Gasteiger partial charge on any atom is -0.460 e. The van der Waals surface area contributed by atoms with Crippen LogP contribution < -0.4 is 0 Å². The molecule has 0 bridgehead atoms. The van der Waals surface area contributed by atoms with Crippen molar-refractivity contribution >= 4 is 5.97 Å². The fraction of sp³-hybridized carbons (Fsp3) is 0.650. The van der Waals surface area contributed by atoms with Crippen LogP contribution >= 0.6 is 0 Å². The lowest BCUT2D eigenvalue weighted by atomic mass is 10.1. The number of rotatable bonds is 12. The summed E-state index contributed by atoms with van der Waals surface area (Å²) < 4.78 is 10.8. The van der Waals surface area contributed by atoms with Crippen molar-refractivity contribution in [1.82, 2.24) is 0 Å². The molecule has 0 spiro atoms. The third-order valence-electron chi connectivity index (χ3n) is 3.76. The van der Waals surface area contributed by atoms with E-state index in [-0.39, 0.29) is 5.97 Å². The maximum Gasteiger partial charge on any atom is 0.338 e. The molecule has 3 heteroatoms. The molecule has 0 unspecified atom stereocenters. The summed E-state index contributed by atoms with van der Waals surface area (Å²) in [7, 11) is 0. The second kappa shape index (κ2) is 12.1. The van der Waals surface area contributed by atoms with Gasteiger partial charge in [0, 0.05) is 6.61 Å². The van der Waals surface area contributed by atoms with Crippen LogP contribution in [-0.2, 0) is 15.9 Å². The fourth-order valence-corrected chi connectivity index (χ4v) is 2.37. The van der Waals surface area contributed by atoms with Crippen molar-refractivity contribution < 1.29 is 14.3 Å². The first kappa shape index (κ1) is 19.7. The number of carbonyl (C=O) groups excluding carboxylic acids is 1. The van der Waals surface area contributed by atoms with E-state index >= 15 is 0 Å². The van der Waals surface area contributed by atoms with Crippen LogP contribution in [0.5, 0.6) is 0 Å². The van der Waals surface area contributed by atoms with E-state index in [0.717, 1.165) is 38.2 Å². The van der Waals surface area contributed by atoms with Crippen molar-refractivity contribution in [3.05, 3.63) is 35.4 Å². The highest BCUT2D eigenvalue weighted by Gasteiger charge is 2.07. The molecule has 1 aromatic rings. The second-order valence-electron chi connectivity index (χ2n) is 6.44. The van der Waals surface area contributed by atoms with Crippen LogP contribution in [0.3, 0.4) is 0 Å². The summed E-state index contributed by atoms with van der Waals surface area (Å²) >= 11 is 0. The van der Waals surface area contributed by atoms with Gasteiger partial charge >= 0.3 is 5.97 Å². The summed E-state index contributed by atoms with van der Waals surface area (Å²) in [4.78, 5) is 12.0. The van der Waals surface area contributed by atoms with Crippen molar-refractivity contribution in [2.75, 3.05) is 19.8 Å². The van der Waals surface area contributed by atoms with Gasteiger partial charge in [0.2, 0.25) is 0 Å². The molecule has 0 radical (unpaired) electrons. The molecule has 0 N–H and O–H groups in total. The number of aryl methyl sites for hydroxylation is 1. The Morgan fingerprint density at radius 1 is 1.09 bits per heavy atom. The van der Waals surface area contributed by atoms with Gasteiger partial charge < -0.3 is 9.47 Å². The summed E-state index contributed by atoms with van der Waals surface area (Å²) in [5.74, 6) is 0.496. The Bertz CT molecular complexity index is 440. The van der Waals surface area contributed by atoms with E-state index in [1.807, 2.05) is 18.2 Å². The normalized spacial score (nSPS) is 11.0. The van der Waals surface area contributed by atoms with Gasteiger partial charge in [-0.2, -0.15) is 0 Å². The zero-order valence-corrected chi connectivity index (χ0v) is 15.0. The van der Waals surface area contributed by atoms with Gasteiger partial charge in [0.15, 0.2) is 0 Å². The standard InChI is InChI=1S/C20H32O3/c1-4-5-10-18-11-8-12-19(16-18)20(21)23-15-14-22-13-7-6-9-17(2)3/h8,11-12,16-17H,4-7,9-10,13-15H2,1-3H3. The van der Waals surface area contributed by atoms with Gasteiger partial charge in [-0.05, 0) is 42.9 Å². The Hall–Kier alpha value is -1.35. The first-order chi connectivity index (χ1) is 11.1. The highest BCUT2D eigenvalue weighted by Crippen LogP contribution is 2.10. The average molecular weight is 320 g/mol. The first-order valence-corrected chi connectivity index (χ1v) is 8.97. The highest BCUT2D eigenvalue weighted by atomic mass is 16.6. The molecular formula is C20H32O3. The SMILES string of the molecule is CCCCc1cccc(C(=O)OCCOCCCCC(C)C)c1. The van der Waals surface area contributed by atoms with E-state index in [1.54, 1.807) is 0 Å². The Balaban J connectivity index is 2.16. The van der Waals surface area contributed by atoms with E-state index in [0.29, 0.717) is 18.8 Å². The molecule has 0 aliphatic heterocycles. The van der Waals surface area contributed by atoms with Gasteiger partial charge in [-0.1, -0.05) is 52.2 Å². The van der Waals surface area contributed by atoms with Crippen LogP contribution in [0.15, 0.2) is 24.3 Å². The second-order valence-corrected chi connectivity index (χ2v) is 6.44. The third kappa shape index (κ3) is 9.39. The van der Waals surface area contributed by atoms with Crippen LogP contribution in [0.2, 0.25) is 0 Å². The molecule has 0 saturated heterocycles. The maximum atomic E-state index is 12.0. The quantitative estimate of drug-likeness (QED) is 0.400. The summed E-state index contributed by atoms with van der Waals surface area (Å²) in [5.41, 5.74) is 1.83. The van der Waals surface area contributed by atoms with E-state index in [2.05, 4.69) is 26.8 Å². The Morgan fingerprint density at radius 3 is 2.65 bits per heavy atom. The molecular weight excluding hydrogens is 288 g/mol. The zero-order valence-electron chi connectivity index (χ0n) is 15.0. The molecule has 130 valence electrons. The van der Waals surface area contributed by atoms with Crippen LogP contribution in [0.4, 0.5) is 0 Å². The molecule has 0 amide bonds. The van der Waals surface area contributed by atoms with Crippen molar-refractivity contribution in [2.24, 2.45) is 5.92 Å². The monoisotopic (exact) mass is 320 g/mol. The minimum atomic E-state index is -0.258. The minimum absolute atomic E-state index is 0.258. The molecule has 1 rings (SSSR count). The van der Waals surface area contributed by atoms with Crippen molar-refractivity contribution in [3.8, 4) is 0 Å². The lowest BCUT2D eigenvalue weighted by Gasteiger charge is -2.08. The number of unbranched alkanes of at least 4 members (excludes halogenated alkanes) is 2. The van der Waals surface area contributed by atoms with E-state index < -0.39 is 0 Å². The Morgan fingerprint density at radius 2 is 1.91 bits per heavy atom. The largest absolute Gasteiger partial charge is 0.460 e. The molecule has 3 nitrogen and oxygen atoms in total. The van der Waals surface area contributed by atoms with Crippen LogP contribution in [0.1, 0.15) is 68.8 Å². The van der Waals surface area contributed by atoms with Crippen molar-refractivity contribution in [2.45, 2.75) is 59.3 Å². The van der Waals surface area contributed by atoms with Crippen molar-refractivity contribution in [1.29, 1.82) is 0 Å². The molecule has 0 heterocycles. The number of ether oxygens (including phenoxy) is 2. The van der Waals surface area contributed by atoms with Crippen LogP contribution in [0.25, 0.3) is 0 Å². The molecule has 0 aliphatic carbocycles. The van der Waals surface area contributed by atoms with Gasteiger partial charge in [-0.3, -0.25) is 0 Å². The zero-order chi connectivity index (χ0) is 16.9. The predicted octanol–water partition coefficient (Wildman–Crippen LogP) is 5.03. The molecule has 0 saturated carbocycles. The molecule has 0 atom stereocenters. The fourth-order valence-electron chi connectivity index (χ4n) is 2.37. The topological polar surface area (TPSA) is 35.5 Å². The van der Waals surface area contributed by atoms with Gasteiger partial charge in [0.1, 0.15) is 6.61 Å². The molecule has 0 aliphatic rings. The maximum absolute atomic E-state index is 12.0. The van der Waals surface area contributed by atoms with E-state index in [4.69, 9.17) is 9.47 Å². The summed E-state index contributed by atoms with van der Waals surface area (Å²) in [6, 6.07) is 7.73. The van der Waals surface area contributed by atoms with E-state index in [1.165, 1.54) is 18.4 Å². The van der Waals surface area contributed by atoms with Gasteiger partial charge in [-0.25, -0.2) is 4.79 Å².